The summed E-state index contributed by atoms with van der Waals surface area (Å²) in [7, 11) is -3.62. The molecule has 1 fully saturated rings. The van der Waals surface area contributed by atoms with Crippen molar-refractivity contribution < 1.29 is 13.2 Å². The van der Waals surface area contributed by atoms with Crippen molar-refractivity contribution in [2.75, 3.05) is 32.7 Å². The Bertz CT molecular complexity index is 940. The second-order valence-corrected chi connectivity index (χ2v) is 9.16. The van der Waals surface area contributed by atoms with Gasteiger partial charge in [-0.1, -0.05) is 12.1 Å². The number of nitrogens with zero attached hydrogens (tertiary/aromatic N) is 3. The second-order valence-electron chi connectivity index (χ2n) is 7.43. The number of carbonyl (C=O) groups excluding carboxylic acids is 1. The fourth-order valence-corrected chi connectivity index (χ4v) is 4.79. The van der Waals surface area contributed by atoms with Gasteiger partial charge in [-0.25, -0.2) is 13.1 Å². The van der Waals surface area contributed by atoms with Gasteiger partial charge in [0.05, 0.1) is 4.90 Å². The van der Waals surface area contributed by atoms with Gasteiger partial charge in [0, 0.05) is 58.1 Å². The molecule has 8 heteroatoms. The number of amides is 1. The summed E-state index contributed by atoms with van der Waals surface area (Å²) in [5.41, 5.74) is 2.79. The standard InChI is InChI=1S/C21H28N4O3S/c1-17-3-4-18(2)20(15-17)29(27,28)23-10-7-21(26)25-13-11-24(12-14-25)16-19-5-8-22-9-6-19/h3-6,8-9,15,23H,7,10-14,16H2,1-2H3. The highest BCUT2D eigenvalue weighted by atomic mass is 32.2. The molecular weight excluding hydrogens is 388 g/mol. The summed E-state index contributed by atoms with van der Waals surface area (Å²) < 4.78 is 27.6. The van der Waals surface area contributed by atoms with Crippen LogP contribution in [-0.4, -0.2) is 61.8 Å². The van der Waals surface area contributed by atoms with Crippen molar-refractivity contribution in [3.05, 3.63) is 59.4 Å². The molecule has 0 unspecified atom stereocenters. The van der Waals surface area contributed by atoms with Gasteiger partial charge in [-0.05, 0) is 48.7 Å². The number of aromatic nitrogens is 1. The van der Waals surface area contributed by atoms with Crippen molar-refractivity contribution in [2.45, 2.75) is 31.7 Å². The summed E-state index contributed by atoms with van der Waals surface area (Å²) in [5.74, 6) is -0.0165. The van der Waals surface area contributed by atoms with Crippen molar-refractivity contribution in [3.8, 4) is 0 Å². The zero-order valence-corrected chi connectivity index (χ0v) is 17.8. The van der Waals surface area contributed by atoms with E-state index >= 15 is 0 Å². The minimum absolute atomic E-state index is 0.0165. The van der Waals surface area contributed by atoms with E-state index in [2.05, 4.69) is 14.6 Å². The summed E-state index contributed by atoms with van der Waals surface area (Å²) in [5, 5.41) is 0. The van der Waals surface area contributed by atoms with Gasteiger partial charge in [0.2, 0.25) is 15.9 Å². The van der Waals surface area contributed by atoms with Crippen LogP contribution in [0.3, 0.4) is 0 Å². The zero-order chi connectivity index (χ0) is 20.9. The smallest absolute Gasteiger partial charge is 0.240 e. The van der Waals surface area contributed by atoms with E-state index in [4.69, 9.17) is 0 Å². The van der Waals surface area contributed by atoms with Crippen LogP contribution in [0.2, 0.25) is 0 Å². The number of sulfonamides is 1. The molecule has 0 radical (unpaired) electrons. The fourth-order valence-electron chi connectivity index (χ4n) is 3.43. The average molecular weight is 417 g/mol. The van der Waals surface area contributed by atoms with Crippen LogP contribution in [0.25, 0.3) is 0 Å². The molecule has 7 nitrogen and oxygen atoms in total. The highest BCUT2D eigenvalue weighted by Gasteiger charge is 2.22. The summed E-state index contributed by atoms with van der Waals surface area (Å²) >= 11 is 0. The Balaban J connectivity index is 1.45. The maximum atomic E-state index is 12.5. The van der Waals surface area contributed by atoms with Crippen LogP contribution in [-0.2, 0) is 21.4 Å². The highest BCUT2D eigenvalue weighted by Crippen LogP contribution is 2.16. The summed E-state index contributed by atoms with van der Waals surface area (Å²) in [4.78, 5) is 20.9. The van der Waals surface area contributed by atoms with Crippen LogP contribution in [0.4, 0.5) is 0 Å². The molecule has 1 saturated heterocycles. The predicted molar refractivity (Wildman–Crippen MR) is 112 cm³/mol. The second kappa shape index (κ2) is 9.47. The Hall–Kier alpha value is -2.29. The summed E-state index contributed by atoms with van der Waals surface area (Å²) in [6, 6.07) is 9.33. The number of hydrogen-bond acceptors (Lipinski definition) is 5. The number of hydrogen-bond donors (Lipinski definition) is 1. The van der Waals surface area contributed by atoms with Gasteiger partial charge in [-0.15, -0.1) is 0 Å². The molecule has 1 aromatic heterocycles. The number of nitrogens with one attached hydrogen (secondary N) is 1. The van der Waals surface area contributed by atoms with Crippen molar-refractivity contribution in [2.24, 2.45) is 0 Å². The topological polar surface area (TPSA) is 82.6 Å². The van der Waals surface area contributed by atoms with Gasteiger partial charge in [0.25, 0.3) is 0 Å². The Morgan fingerprint density at radius 3 is 2.45 bits per heavy atom. The maximum Gasteiger partial charge on any atom is 0.240 e. The van der Waals surface area contributed by atoms with E-state index in [1.807, 2.05) is 30.0 Å². The van der Waals surface area contributed by atoms with Crippen LogP contribution in [0.5, 0.6) is 0 Å². The van der Waals surface area contributed by atoms with Crippen molar-refractivity contribution in [1.29, 1.82) is 0 Å². The Kier molecular flexibility index (Phi) is 7.00. The maximum absolute atomic E-state index is 12.5. The molecule has 3 rings (SSSR count). The molecule has 0 aliphatic carbocycles. The first-order chi connectivity index (χ1) is 13.8. The molecule has 156 valence electrons. The Morgan fingerprint density at radius 2 is 1.76 bits per heavy atom. The van der Waals surface area contributed by atoms with E-state index in [1.165, 1.54) is 5.56 Å². The SMILES string of the molecule is Cc1ccc(C)c(S(=O)(=O)NCCC(=O)N2CCN(Cc3ccncc3)CC2)c1. The first-order valence-corrected chi connectivity index (χ1v) is 11.3. The molecule has 2 aromatic rings. The molecule has 0 bridgehead atoms. The summed E-state index contributed by atoms with van der Waals surface area (Å²) in [6.07, 6.45) is 3.73. The molecule has 0 saturated carbocycles. The largest absolute Gasteiger partial charge is 0.340 e. The molecule has 0 spiro atoms. The van der Waals surface area contributed by atoms with Crippen LogP contribution in [0.15, 0.2) is 47.6 Å². The van der Waals surface area contributed by atoms with Crippen LogP contribution < -0.4 is 4.72 Å². The van der Waals surface area contributed by atoms with Gasteiger partial charge in [-0.3, -0.25) is 14.7 Å². The number of carbonyl (C=O) groups is 1. The van der Waals surface area contributed by atoms with Gasteiger partial charge < -0.3 is 4.90 Å². The van der Waals surface area contributed by atoms with Gasteiger partial charge >= 0.3 is 0 Å². The van der Waals surface area contributed by atoms with Crippen molar-refractivity contribution in [3.63, 3.8) is 0 Å². The van der Waals surface area contributed by atoms with E-state index < -0.39 is 10.0 Å². The predicted octanol–water partition coefficient (Wildman–Crippen LogP) is 1.71. The van der Waals surface area contributed by atoms with Crippen LogP contribution in [0, 0.1) is 13.8 Å². The molecule has 1 aliphatic rings. The van der Waals surface area contributed by atoms with E-state index in [0.29, 0.717) is 18.7 Å². The Labute approximate surface area is 172 Å². The molecule has 0 atom stereocenters. The number of piperazine rings is 1. The minimum Gasteiger partial charge on any atom is -0.340 e. The third-order valence-electron chi connectivity index (χ3n) is 5.14. The van der Waals surface area contributed by atoms with E-state index in [1.54, 1.807) is 31.5 Å². The Morgan fingerprint density at radius 1 is 1.07 bits per heavy atom. The normalized spacial score (nSPS) is 15.4. The lowest BCUT2D eigenvalue weighted by molar-refractivity contribution is -0.132. The molecule has 1 aromatic carbocycles. The lowest BCUT2D eigenvalue weighted by Gasteiger charge is -2.34. The van der Waals surface area contributed by atoms with Crippen LogP contribution in [0.1, 0.15) is 23.1 Å². The van der Waals surface area contributed by atoms with E-state index in [9.17, 15) is 13.2 Å². The van der Waals surface area contributed by atoms with E-state index in [0.717, 1.165) is 25.2 Å². The van der Waals surface area contributed by atoms with Crippen molar-refractivity contribution >= 4 is 15.9 Å². The average Bonchev–Trinajstić information content (AvgIpc) is 2.71. The highest BCUT2D eigenvalue weighted by molar-refractivity contribution is 7.89. The molecular formula is C21H28N4O3S. The first kappa shape index (κ1) is 21.4. The number of pyridine rings is 1. The molecule has 1 amide bonds. The van der Waals surface area contributed by atoms with Gasteiger partial charge in [0.1, 0.15) is 0 Å². The number of benzene rings is 1. The molecule has 1 aliphatic heterocycles. The fraction of sp³-hybridized carbons (Fsp3) is 0.429. The monoisotopic (exact) mass is 416 g/mol. The van der Waals surface area contributed by atoms with Gasteiger partial charge in [0.15, 0.2) is 0 Å². The quantitative estimate of drug-likeness (QED) is 0.743. The van der Waals surface area contributed by atoms with Crippen LogP contribution >= 0.6 is 0 Å². The lowest BCUT2D eigenvalue weighted by Crippen LogP contribution is -2.48. The molecule has 2 heterocycles. The zero-order valence-electron chi connectivity index (χ0n) is 17.0. The third kappa shape index (κ3) is 5.85. The molecule has 1 N–H and O–H groups in total. The lowest BCUT2D eigenvalue weighted by atomic mass is 10.2. The summed E-state index contributed by atoms with van der Waals surface area (Å²) in [6.45, 7) is 7.51. The molecule has 29 heavy (non-hydrogen) atoms. The van der Waals surface area contributed by atoms with E-state index in [-0.39, 0.29) is 23.8 Å². The van der Waals surface area contributed by atoms with Gasteiger partial charge in [-0.2, -0.15) is 0 Å². The third-order valence-corrected chi connectivity index (χ3v) is 6.75. The van der Waals surface area contributed by atoms with Crippen molar-refractivity contribution in [1.82, 2.24) is 19.5 Å². The first-order valence-electron chi connectivity index (χ1n) is 9.81. The number of rotatable bonds is 7. The minimum atomic E-state index is -3.62. The number of aryl methyl sites for hydroxylation is 2.